The van der Waals surface area contributed by atoms with Gasteiger partial charge in [0.25, 0.3) is 0 Å². The van der Waals surface area contributed by atoms with Crippen molar-refractivity contribution >= 4 is 0 Å². The highest BCUT2D eigenvalue weighted by Crippen LogP contribution is 2.35. The van der Waals surface area contributed by atoms with Crippen LogP contribution in [-0.4, -0.2) is 16.3 Å². The molecule has 0 spiro atoms. The van der Waals surface area contributed by atoms with Crippen molar-refractivity contribution in [3.8, 4) is 0 Å². The largest absolute Gasteiger partial charge is 1.00 e. The minimum Gasteiger partial charge on any atom is -1.00 e. The maximum atomic E-state index is 12.6. The quantitative estimate of drug-likeness (QED) is 0.205. The summed E-state index contributed by atoms with van der Waals surface area (Å²) < 4.78 is 10.3. The molecule has 0 aliphatic heterocycles. The van der Waals surface area contributed by atoms with Gasteiger partial charge >= 0.3 is 5.82 Å². The Hall–Kier alpha value is -2.92. The Balaban J connectivity index is 0.00000380. The minimum atomic E-state index is -1.34. The van der Waals surface area contributed by atoms with Crippen molar-refractivity contribution in [2.45, 2.75) is 64.3 Å². The zero-order chi connectivity index (χ0) is 25.1. The third-order valence-electron chi connectivity index (χ3n) is 6.75. The summed E-state index contributed by atoms with van der Waals surface area (Å²) in [5.74, 6) is 0.784. The van der Waals surface area contributed by atoms with Gasteiger partial charge in [-0.25, -0.2) is 9.13 Å². The highest BCUT2D eigenvalue weighted by molar-refractivity contribution is 5.41. The second-order valence-corrected chi connectivity index (χ2v) is 9.45. The molecule has 0 saturated heterocycles. The lowest BCUT2D eigenvalue weighted by Crippen LogP contribution is -3.00. The fourth-order valence-corrected chi connectivity index (χ4v) is 4.83. The summed E-state index contributed by atoms with van der Waals surface area (Å²) in [6.45, 7) is 4.02. The average Bonchev–Trinajstić information content (AvgIpc) is 3.34. The summed E-state index contributed by atoms with van der Waals surface area (Å²) in [5.41, 5.74) is 1.49. The van der Waals surface area contributed by atoms with Crippen molar-refractivity contribution in [1.29, 1.82) is 0 Å². The van der Waals surface area contributed by atoms with E-state index in [1.54, 1.807) is 0 Å². The molecule has 4 nitrogen and oxygen atoms in total. The molecule has 196 valence electrons. The number of aliphatic hydroxyl groups is 1. The summed E-state index contributed by atoms with van der Waals surface area (Å²) in [6.07, 6.45) is 11.5. The average molecular weight is 519 g/mol. The summed E-state index contributed by atoms with van der Waals surface area (Å²) in [6, 6.07) is 30.2. The van der Waals surface area contributed by atoms with Crippen molar-refractivity contribution in [3.05, 3.63) is 126 Å². The van der Waals surface area contributed by atoms with Crippen LogP contribution in [0.5, 0.6) is 0 Å². The molecule has 0 radical (unpaired) electrons. The van der Waals surface area contributed by atoms with Crippen LogP contribution in [0.25, 0.3) is 0 Å². The number of imidazole rings is 1. The van der Waals surface area contributed by atoms with Gasteiger partial charge in [0.2, 0.25) is 5.60 Å². The van der Waals surface area contributed by atoms with Gasteiger partial charge in [-0.1, -0.05) is 130 Å². The van der Waals surface area contributed by atoms with E-state index >= 15 is 0 Å². The maximum absolute atomic E-state index is 12.6. The van der Waals surface area contributed by atoms with Crippen LogP contribution in [0.1, 0.15) is 68.0 Å². The van der Waals surface area contributed by atoms with E-state index in [-0.39, 0.29) is 12.4 Å². The van der Waals surface area contributed by atoms with Crippen LogP contribution in [0, 0.1) is 0 Å². The van der Waals surface area contributed by atoms with E-state index in [0.29, 0.717) is 13.3 Å². The summed E-state index contributed by atoms with van der Waals surface area (Å²) >= 11 is 0. The number of hydrogen-bond acceptors (Lipinski definition) is 2. The van der Waals surface area contributed by atoms with E-state index in [4.69, 9.17) is 4.74 Å². The number of benzene rings is 3. The van der Waals surface area contributed by atoms with Gasteiger partial charge in [0, 0.05) is 11.1 Å². The molecule has 1 aromatic heterocycles. The normalized spacial score (nSPS) is 11.3. The van der Waals surface area contributed by atoms with Crippen LogP contribution in [0.2, 0.25) is 0 Å². The molecule has 4 aromatic rings. The van der Waals surface area contributed by atoms with Crippen LogP contribution >= 0.6 is 0 Å². The number of unbranched alkanes of at least 4 members (excludes halogenated alkanes) is 5. The molecule has 5 heteroatoms. The first-order valence-electron chi connectivity index (χ1n) is 13.3. The molecule has 0 saturated carbocycles. The molecule has 0 amide bonds. The molecule has 3 aromatic carbocycles. The summed E-state index contributed by atoms with van der Waals surface area (Å²) in [5, 5.41) is 12.6. The second kappa shape index (κ2) is 14.7. The van der Waals surface area contributed by atoms with Crippen molar-refractivity contribution in [2.24, 2.45) is 0 Å². The molecule has 0 unspecified atom stereocenters. The molecule has 37 heavy (non-hydrogen) atoms. The predicted molar refractivity (Wildman–Crippen MR) is 144 cm³/mol. The zero-order valence-electron chi connectivity index (χ0n) is 21.8. The summed E-state index contributed by atoms with van der Waals surface area (Å²) in [4.78, 5) is 0. The Bertz CT molecular complexity index is 1120. The molecule has 4 rings (SSSR count). The number of ether oxygens (including phenoxy) is 1. The number of halogens is 1. The van der Waals surface area contributed by atoms with Crippen LogP contribution in [0.15, 0.2) is 103 Å². The highest BCUT2D eigenvalue weighted by atomic mass is 35.5. The first kappa shape index (κ1) is 28.6. The van der Waals surface area contributed by atoms with Crippen LogP contribution in [-0.2, 0) is 23.6 Å². The van der Waals surface area contributed by atoms with Gasteiger partial charge in [-0.2, -0.15) is 0 Å². The maximum Gasteiger partial charge on any atom is 0.300 e. The first-order chi connectivity index (χ1) is 17.7. The predicted octanol–water partition coefficient (Wildman–Crippen LogP) is 3.45. The molecule has 1 heterocycles. The van der Waals surface area contributed by atoms with Gasteiger partial charge in [-0.15, -0.1) is 0 Å². The molecule has 0 aliphatic carbocycles. The van der Waals surface area contributed by atoms with E-state index in [1.165, 1.54) is 37.7 Å². The lowest BCUT2D eigenvalue weighted by Gasteiger charge is -2.27. The topological polar surface area (TPSA) is 38.3 Å². The monoisotopic (exact) mass is 518 g/mol. The Morgan fingerprint density at radius 2 is 1.30 bits per heavy atom. The summed E-state index contributed by atoms with van der Waals surface area (Å²) in [7, 11) is 0. The van der Waals surface area contributed by atoms with Gasteiger partial charge in [0.05, 0.1) is 6.61 Å². The van der Waals surface area contributed by atoms with E-state index in [9.17, 15) is 5.11 Å². The van der Waals surface area contributed by atoms with Crippen LogP contribution < -0.4 is 17.0 Å². The number of aromatic nitrogens is 2. The van der Waals surface area contributed by atoms with Crippen molar-refractivity contribution in [2.75, 3.05) is 6.61 Å². The Kier molecular flexibility index (Phi) is 11.4. The van der Waals surface area contributed by atoms with Gasteiger partial charge in [-0.05, 0) is 12.0 Å². The van der Waals surface area contributed by atoms with Crippen LogP contribution in [0.3, 0.4) is 0 Å². The Labute approximate surface area is 228 Å². The molecule has 0 atom stereocenters. The standard InChI is InChI=1S/C32H39N2O2.ClH/c1-2-3-4-5-6-16-25-36-27-34-24-23-33(26-28-17-10-7-11-18-28)31(34)32(35,29-19-12-8-13-20-29)30-21-14-9-15-22-30;/h7-15,17-24,35H,2-6,16,25-27H2,1H3;1H/q+1;/p-1. The molecule has 0 aliphatic rings. The third-order valence-corrected chi connectivity index (χ3v) is 6.75. The van der Waals surface area contributed by atoms with Crippen LogP contribution in [0.4, 0.5) is 0 Å². The van der Waals surface area contributed by atoms with Gasteiger partial charge in [0.1, 0.15) is 18.9 Å². The lowest BCUT2D eigenvalue weighted by atomic mass is 9.85. The number of hydrogen-bond donors (Lipinski definition) is 1. The van der Waals surface area contributed by atoms with Gasteiger partial charge < -0.3 is 22.3 Å². The van der Waals surface area contributed by atoms with E-state index in [1.807, 2.05) is 79.1 Å². The molecular weight excluding hydrogens is 480 g/mol. The van der Waals surface area contributed by atoms with E-state index in [2.05, 4.69) is 40.3 Å². The van der Waals surface area contributed by atoms with Crippen molar-refractivity contribution in [3.63, 3.8) is 0 Å². The Morgan fingerprint density at radius 1 is 0.757 bits per heavy atom. The van der Waals surface area contributed by atoms with Gasteiger partial charge in [-0.3, -0.25) is 0 Å². The molecule has 0 fully saturated rings. The number of rotatable bonds is 14. The van der Waals surface area contributed by atoms with Crippen molar-refractivity contribution in [1.82, 2.24) is 4.57 Å². The minimum absolute atomic E-state index is 0. The SMILES string of the molecule is CCCCCCCCOCn1cc[n+](Cc2ccccc2)c1C(O)(c1ccccc1)c1ccccc1.[Cl-]. The molecule has 1 N–H and O–H groups in total. The van der Waals surface area contributed by atoms with E-state index in [0.717, 1.165) is 30.0 Å². The van der Waals surface area contributed by atoms with E-state index < -0.39 is 5.60 Å². The molecule has 0 bridgehead atoms. The number of nitrogens with zero attached hydrogens (tertiary/aromatic N) is 2. The van der Waals surface area contributed by atoms with Crippen molar-refractivity contribution < 1.29 is 26.8 Å². The molecular formula is C32H39ClN2O2. The highest BCUT2D eigenvalue weighted by Gasteiger charge is 2.44. The second-order valence-electron chi connectivity index (χ2n) is 9.45. The fourth-order valence-electron chi connectivity index (χ4n) is 4.83. The van der Waals surface area contributed by atoms with Gasteiger partial charge in [0.15, 0.2) is 6.73 Å². The Morgan fingerprint density at radius 3 is 1.89 bits per heavy atom. The fraction of sp³-hybridized carbons (Fsp3) is 0.344. The first-order valence-corrected chi connectivity index (χ1v) is 13.3. The third kappa shape index (κ3) is 7.32. The lowest BCUT2D eigenvalue weighted by molar-refractivity contribution is -0.700. The smallest absolute Gasteiger partial charge is 0.300 e. The zero-order valence-corrected chi connectivity index (χ0v) is 22.6.